The van der Waals surface area contributed by atoms with Crippen molar-refractivity contribution >= 4 is 35.6 Å². The summed E-state index contributed by atoms with van der Waals surface area (Å²) in [5.41, 5.74) is 3.08. The fraction of sp³-hybridized carbons (Fsp3) is 0.368. The number of pyridine rings is 1. The first-order chi connectivity index (χ1) is 12.2. The van der Waals surface area contributed by atoms with Crippen LogP contribution in [0.15, 0.2) is 47.5 Å². The van der Waals surface area contributed by atoms with Crippen molar-refractivity contribution in [2.75, 3.05) is 38.1 Å². The molecule has 0 aliphatic carbocycles. The van der Waals surface area contributed by atoms with Crippen LogP contribution in [0.25, 0.3) is 0 Å². The summed E-state index contributed by atoms with van der Waals surface area (Å²) < 4.78 is 13.1. The van der Waals surface area contributed by atoms with Crippen molar-refractivity contribution in [1.29, 1.82) is 0 Å². The van der Waals surface area contributed by atoms with Crippen LogP contribution in [0.4, 0.5) is 10.1 Å². The number of hydrogen-bond donors (Lipinski definition) is 1. The second-order valence-electron chi connectivity index (χ2n) is 6.12. The number of nitrogens with zero attached hydrogens (tertiary/aromatic N) is 4. The van der Waals surface area contributed by atoms with Crippen molar-refractivity contribution in [3.05, 3.63) is 59.7 Å². The van der Waals surface area contributed by atoms with Gasteiger partial charge in [-0.1, -0.05) is 6.07 Å². The van der Waals surface area contributed by atoms with Gasteiger partial charge in [-0.3, -0.25) is 9.98 Å². The summed E-state index contributed by atoms with van der Waals surface area (Å²) in [4.78, 5) is 13.4. The van der Waals surface area contributed by atoms with E-state index in [0.717, 1.165) is 49.2 Å². The molecule has 1 fully saturated rings. The first kappa shape index (κ1) is 20.4. The lowest BCUT2D eigenvalue weighted by Gasteiger charge is -2.37. The molecule has 1 aliphatic rings. The number of piperazine rings is 1. The number of hydrogen-bond acceptors (Lipinski definition) is 3. The lowest BCUT2D eigenvalue weighted by molar-refractivity contribution is 0.372. The Morgan fingerprint density at radius 3 is 2.42 bits per heavy atom. The number of halogens is 2. The van der Waals surface area contributed by atoms with Gasteiger partial charge in [0.2, 0.25) is 0 Å². The molecule has 140 valence electrons. The van der Waals surface area contributed by atoms with Gasteiger partial charge in [0, 0.05) is 44.6 Å². The van der Waals surface area contributed by atoms with Gasteiger partial charge < -0.3 is 15.1 Å². The quantitative estimate of drug-likeness (QED) is 0.427. The van der Waals surface area contributed by atoms with Crippen LogP contribution in [0, 0.1) is 12.7 Å². The molecule has 1 aliphatic heterocycles. The van der Waals surface area contributed by atoms with Crippen LogP contribution >= 0.6 is 24.0 Å². The molecule has 1 aromatic carbocycles. The normalized spacial score (nSPS) is 14.8. The van der Waals surface area contributed by atoms with Crippen LogP contribution in [0.3, 0.4) is 0 Å². The highest BCUT2D eigenvalue weighted by molar-refractivity contribution is 14.0. The minimum atomic E-state index is -0.197. The smallest absolute Gasteiger partial charge is 0.194 e. The average molecular weight is 469 g/mol. The molecule has 1 saturated heterocycles. The van der Waals surface area contributed by atoms with E-state index in [9.17, 15) is 4.39 Å². The van der Waals surface area contributed by atoms with Crippen LogP contribution in [-0.2, 0) is 6.54 Å². The van der Waals surface area contributed by atoms with Crippen LogP contribution in [0.2, 0.25) is 0 Å². The number of aliphatic imine (C=N–C) groups is 1. The Bertz CT molecular complexity index is 727. The maximum absolute atomic E-state index is 13.1. The topological polar surface area (TPSA) is 43.8 Å². The molecule has 3 rings (SSSR count). The summed E-state index contributed by atoms with van der Waals surface area (Å²) in [7, 11) is 1.80. The van der Waals surface area contributed by atoms with Crippen molar-refractivity contribution in [2.45, 2.75) is 13.5 Å². The van der Waals surface area contributed by atoms with Crippen molar-refractivity contribution in [3.8, 4) is 0 Å². The van der Waals surface area contributed by atoms with Crippen LogP contribution < -0.4 is 10.2 Å². The van der Waals surface area contributed by atoms with Crippen molar-refractivity contribution in [1.82, 2.24) is 15.2 Å². The van der Waals surface area contributed by atoms with Crippen LogP contribution in [-0.4, -0.2) is 49.1 Å². The van der Waals surface area contributed by atoms with E-state index < -0.39 is 0 Å². The molecule has 0 unspecified atom stereocenters. The zero-order valence-corrected chi connectivity index (χ0v) is 17.5. The van der Waals surface area contributed by atoms with E-state index in [2.05, 4.69) is 25.1 Å². The van der Waals surface area contributed by atoms with Gasteiger partial charge in [0.15, 0.2) is 5.96 Å². The van der Waals surface area contributed by atoms with E-state index in [1.54, 1.807) is 7.05 Å². The Kier molecular flexibility index (Phi) is 7.62. The molecule has 26 heavy (non-hydrogen) atoms. The van der Waals surface area contributed by atoms with Crippen molar-refractivity contribution < 1.29 is 4.39 Å². The number of anilines is 1. The molecule has 1 aromatic heterocycles. The molecule has 0 radical (unpaired) electrons. The molecule has 5 nitrogen and oxygen atoms in total. The largest absolute Gasteiger partial charge is 0.368 e. The predicted octanol–water partition coefficient (Wildman–Crippen LogP) is 3.04. The van der Waals surface area contributed by atoms with Gasteiger partial charge in [-0.2, -0.15) is 0 Å². The predicted molar refractivity (Wildman–Crippen MR) is 115 cm³/mol. The van der Waals surface area contributed by atoms with Gasteiger partial charge in [-0.25, -0.2) is 4.39 Å². The highest BCUT2D eigenvalue weighted by atomic mass is 127. The number of nitrogens with one attached hydrogen (secondary N) is 1. The molecule has 0 amide bonds. The van der Waals surface area contributed by atoms with Gasteiger partial charge in [-0.05, 0) is 43.3 Å². The highest BCUT2D eigenvalue weighted by Gasteiger charge is 2.19. The third kappa shape index (κ3) is 5.30. The fourth-order valence-corrected chi connectivity index (χ4v) is 3.03. The summed E-state index contributed by atoms with van der Waals surface area (Å²) >= 11 is 0. The lowest BCUT2D eigenvalue weighted by atomic mass is 10.2. The standard InChI is InChI=1S/C19H24FN5.HI/c1-15-4-3-5-17(23-15)14-22-19(21-2)25-12-10-24(11-13-25)18-8-6-16(20)7-9-18;/h3-9H,10-14H2,1-2H3,(H,21,22);1H. The second kappa shape index (κ2) is 9.70. The van der Waals surface area contributed by atoms with E-state index in [4.69, 9.17) is 0 Å². The molecule has 7 heteroatoms. The lowest BCUT2D eigenvalue weighted by Crippen LogP contribution is -2.52. The summed E-state index contributed by atoms with van der Waals surface area (Å²) in [6, 6.07) is 12.7. The number of benzene rings is 1. The Morgan fingerprint density at radius 1 is 1.12 bits per heavy atom. The van der Waals surface area contributed by atoms with Gasteiger partial charge >= 0.3 is 0 Å². The minimum Gasteiger partial charge on any atom is -0.368 e. The highest BCUT2D eigenvalue weighted by Crippen LogP contribution is 2.17. The number of guanidine groups is 1. The van der Waals surface area contributed by atoms with E-state index >= 15 is 0 Å². The van der Waals surface area contributed by atoms with Gasteiger partial charge in [0.25, 0.3) is 0 Å². The maximum Gasteiger partial charge on any atom is 0.194 e. The van der Waals surface area contributed by atoms with Gasteiger partial charge in [0.05, 0.1) is 12.2 Å². The Hall–Kier alpha value is -1.90. The third-order valence-electron chi connectivity index (χ3n) is 4.36. The molecule has 2 heterocycles. The first-order valence-electron chi connectivity index (χ1n) is 8.54. The SMILES string of the molecule is CN=C(NCc1cccc(C)n1)N1CCN(c2ccc(F)cc2)CC1.I. The van der Waals surface area contributed by atoms with Crippen LogP contribution in [0.1, 0.15) is 11.4 Å². The van der Waals surface area contributed by atoms with Crippen molar-refractivity contribution in [3.63, 3.8) is 0 Å². The Morgan fingerprint density at radius 2 is 1.81 bits per heavy atom. The van der Waals surface area contributed by atoms with Gasteiger partial charge in [0.1, 0.15) is 5.82 Å². The molecule has 0 atom stereocenters. The summed E-state index contributed by atoms with van der Waals surface area (Å²) in [5.74, 6) is 0.693. The summed E-state index contributed by atoms with van der Waals surface area (Å²) in [6.45, 7) is 6.17. The van der Waals surface area contributed by atoms with E-state index in [-0.39, 0.29) is 29.8 Å². The van der Waals surface area contributed by atoms with E-state index in [1.807, 2.05) is 37.3 Å². The number of aryl methyl sites for hydroxylation is 1. The molecule has 2 aromatic rings. The molecular weight excluding hydrogens is 444 g/mol. The molecule has 0 bridgehead atoms. The minimum absolute atomic E-state index is 0. The molecule has 0 spiro atoms. The van der Waals surface area contributed by atoms with Crippen molar-refractivity contribution in [2.24, 2.45) is 4.99 Å². The Labute approximate surface area is 171 Å². The first-order valence-corrected chi connectivity index (χ1v) is 8.54. The van der Waals surface area contributed by atoms with Gasteiger partial charge in [-0.15, -0.1) is 24.0 Å². The zero-order valence-electron chi connectivity index (χ0n) is 15.2. The number of rotatable bonds is 3. The van der Waals surface area contributed by atoms with E-state index in [0.29, 0.717) is 6.54 Å². The average Bonchev–Trinajstić information content (AvgIpc) is 2.63. The molecule has 0 saturated carbocycles. The summed E-state index contributed by atoms with van der Waals surface area (Å²) in [6.07, 6.45) is 0. The monoisotopic (exact) mass is 469 g/mol. The number of aromatic nitrogens is 1. The zero-order chi connectivity index (χ0) is 17.6. The second-order valence-corrected chi connectivity index (χ2v) is 6.12. The van der Waals surface area contributed by atoms with Crippen LogP contribution in [0.5, 0.6) is 0 Å². The summed E-state index contributed by atoms with van der Waals surface area (Å²) in [5, 5.41) is 3.39. The van der Waals surface area contributed by atoms with E-state index in [1.165, 1.54) is 12.1 Å². The maximum atomic E-state index is 13.1. The third-order valence-corrected chi connectivity index (χ3v) is 4.36. The molecule has 1 N–H and O–H groups in total. The fourth-order valence-electron chi connectivity index (χ4n) is 3.03. The Balaban J connectivity index is 0.00000243. The molecular formula is C19H25FIN5.